The summed E-state index contributed by atoms with van der Waals surface area (Å²) in [7, 11) is 0. The van der Waals surface area contributed by atoms with E-state index in [1.807, 2.05) is 55.5 Å². The zero-order valence-corrected chi connectivity index (χ0v) is 15.7. The zero-order chi connectivity index (χ0) is 19.2. The van der Waals surface area contributed by atoms with Gasteiger partial charge in [0.2, 0.25) is 0 Å². The molecule has 0 saturated carbocycles. The minimum Gasteiger partial charge on any atom is -0.310 e. The molecule has 0 unspecified atom stereocenters. The molecule has 0 fully saturated rings. The van der Waals surface area contributed by atoms with Crippen molar-refractivity contribution >= 4 is 0 Å². The Labute approximate surface area is 159 Å². The number of aromatic amines is 1. The first kappa shape index (κ1) is 18.6. The molecule has 0 aliphatic carbocycles. The molecule has 2 aromatic carbocycles. The van der Waals surface area contributed by atoms with Crippen LogP contribution in [0.3, 0.4) is 0 Å². The maximum absolute atomic E-state index is 12.5. The molecule has 0 atom stereocenters. The van der Waals surface area contributed by atoms with Crippen molar-refractivity contribution in [3.8, 4) is 17.2 Å². The summed E-state index contributed by atoms with van der Waals surface area (Å²) in [5, 5.41) is 9.28. The molecule has 1 heterocycles. The largest absolute Gasteiger partial charge is 0.310 e. The van der Waals surface area contributed by atoms with Gasteiger partial charge >= 0.3 is 0 Å². The summed E-state index contributed by atoms with van der Waals surface area (Å²) in [6.45, 7) is 4.11. The second kappa shape index (κ2) is 8.46. The summed E-state index contributed by atoms with van der Waals surface area (Å²) in [6, 6.07) is 17.8. The van der Waals surface area contributed by atoms with Gasteiger partial charge < -0.3 is 4.98 Å². The van der Waals surface area contributed by atoms with Gasteiger partial charge in [-0.2, -0.15) is 5.26 Å². The van der Waals surface area contributed by atoms with Gasteiger partial charge in [-0.25, -0.2) is 4.98 Å². The quantitative estimate of drug-likeness (QED) is 0.710. The standard InChI is InChI=1S/C23H23N3O/c1-3-7-22-25-21(4-2)20(23(27)26-22)14-16-10-12-17(13-11-16)19-9-6-5-8-18(19)15-24/h5-6,8-13H,3-4,7,14H2,1-2H3,(H,25,26,27). The molecule has 4 heteroatoms. The van der Waals surface area contributed by atoms with Crippen molar-refractivity contribution in [2.75, 3.05) is 0 Å². The number of H-pyrrole nitrogens is 1. The first-order valence-electron chi connectivity index (χ1n) is 9.35. The van der Waals surface area contributed by atoms with Gasteiger partial charge in [0.15, 0.2) is 0 Å². The Bertz CT molecular complexity index is 1030. The smallest absolute Gasteiger partial charge is 0.254 e. The average molecular weight is 357 g/mol. The summed E-state index contributed by atoms with van der Waals surface area (Å²) in [5.74, 6) is 0.770. The Hall–Kier alpha value is -3.19. The molecule has 0 spiro atoms. The monoisotopic (exact) mass is 357 g/mol. The highest BCUT2D eigenvalue weighted by Crippen LogP contribution is 2.24. The Kier molecular flexibility index (Phi) is 5.83. The van der Waals surface area contributed by atoms with Gasteiger partial charge in [-0.1, -0.05) is 56.3 Å². The van der Waals surface area contributed by atoms with Crippen molar-refractivity contribution in [1.29, 1.82) is 5.26 Å². The van der Waals surface area contributed by atoms with Crippen LogP contribution in [0.25, 0.3) is 11.1 Å². The van der Waals surface area contributed by atoms with Crippen LogP contribution in [-0.4, -0.2) is 9.97 Å². The van der Waals surface area contributed by atoms with E-state index in [1.54, 1.807) is 0 Å². The number of nitriles is 1. The first-order valence-corrected chi connectivity index (χ1v) is 9.35. The minimum atomic E-state index is -0.0378. The van der Waals surface area contributed by atoms with Gasteiger partial charge in [-0.15, -0.1) is 0 Å². The summed E-state index contributed by atoms with van der Waals surface area (Å²) in [6.07, 6.45) is 3.04. The number of hydrogen-bond donors (Lipinski definition) is 1. The van der Waals surface area contributed by atoms with Crippen LogP contribution in [0.1, 0.15) is 48.5 Å². The third kappa shape index (κ3) is 4.15. The SMILES string of the molecule is CCCc1nc(CC)c(Cc2ccc(-c3ccccc3C#N)cc2)c(=O)[nH]1. The van der Waals surface area contributed by atoms with Crippen molar-refractivity contribution in [3.05, 3.63) is 87.1 Å². The molecule has 4 nitrogen and oxygen atoms in total. The Morgan fingerprint density at radius 1 is 1.07 bits per heavy atom. The van der Waals surface area contributed by atoms with Crippen LogP contribution >= 0.6 is 0 Å². The molecule has 0 aliphatic heterocycles. The second-order valence-electron chi connectivity index (χ2n) is 6.57. The molecule has 136 valence electrons. The van der Waals surface area contributed by atoms with Crippen LogP contribution < -0.4 is 5.56 Å². The van der Waals surface area contributed by atoms with Crippen molar-refractivity contribution in [2.24, 2.45) is 0 Å². The van der Waals surface area contributed by atoms with E-state index < -0.39 is 0 Å². The Morgan fingerprint density at radius 3 is 2.48 bits per heavy atom. The van der Waals surface area contributed by atoms with Crippen molar-refractivity contribution in [1.82, 2.24) is 9.97 Å². The van der Waals surface area contributed by atoms with E-state index in [9.17, 15) is 10.1 Å². The molecule has 0 bridgehead atoms. The average Bonchev–Trinajstić information content (AvgIpc) is 2.70. The second-order valence-corrected chi connectivity index (χ2v) is 6.57. The van der Waals surface area contributed by atoms with Crippen LogP contribution in [0.5, 0.6) is 0 Å². The first-order chi connectivity index (χ1) is 13.2. The maximum atomic E-state index is 12.5. The number of hydrogen-bond acceptors (Lipinski definition) is 3. The van der Waals surface area contributed by atoms with Gasteiger partial charge in [0.05, 0.1) is 17.3 Å². The predicted molar refractivity (Wildman–Crippen MR) is 108 cm³/mol. The number of aryl methyl sites for hydroxylation is 2. The molecule has 27 heavy (non-hydrogen) atoms. The van der Waals surface area contributed by atoms with Crippen molar-refractivity contribution in [2.45, 2.75) is 39.5 Å². The molecule has 0 radical (unpaired) electrons. The van der Waals surface area contributed by atoms with E-state index in [0.29, 0.717) is 12.0 Å². The molecule has 1 N–H and O–H groups in total. The predicted octanol–water partition coefficient (Wildman–Crippen LogP) is 4.41. The lowest BCUT2D eigenvalue weighted by atomic mass is 9.97. The molecule has 1 aromatic heterocycles. The molecule has 0 saturated heterocycles. The van der Waals surface area contributed by atoms with Crippen LogP contribution in [0.2, 0.25) is 0 Å². The molecule has 0 aliphatic rings. The Balaban J connectivity index is 1.89. The molecular weight excluding hydrogens is 334 g/mol. The Morgan fingerprint density at radius 2 is 1.81 bits per heavy atom. The lowest BCUT2D eigenvalue weighted by Crippen LogP contribution is -2.20. The van der Waals surface area contributed by atoms with Crippen LogP contribution in [0.4, 0.5) is 0 Å². The van der Waals surface area contributed by atoms with E-state index >= 15 is 0 Å². The molecule has 0 amide bonds. The van der Waals surface area contributed by atoms with E-state index in [-0.39, 0.29) is 5.56 Å². The minimum absolute atomic E-state index is 0.0378. The highest BCUT2D eigenvalue weighted by molar-refractivity contribution is 5.70. The van der Waals surface area contributed by atoms with E-state index in [1.165, 1.54) is 0 Å². The van der Waals surface area contributed by atoms with E-state index in [4.69, 9.17) is 0 Å². The lowest BCUT2D eigenvalue weighted by molar-refractivity contribution is 0.788. The fourth-order valence-electron chi connectivity index (χ4n) is 3.26. The topological polar surface area (TPSA) is 69.5 Å². The van der Waals surface area contributed by atoms with Crippen LogP contribution in [0, 0.1) is 11.3 Å². The van der Waals surface area contributed by atoms with Crippen LogP contribution in [-0.2, 0) is 19.3 Å². The fourth-order valence-corrected chi connectivity index (χ4v) is 3.26. The van der Waals surface area contributed by atoms with Gasteiger partial charge in [0, 0.05) is 18.4 Å². The highest BCUT2D eigenvalue weighted by Gasteiger charge is 2.11. The van der Waals surface area contributed by atoms with Crippen molar-refractivity contribution < 1.29 is 0 Å². The summed E-state index contributed by atoms with van der Waals surface area (Å²) in [4.78, 5) is 20.1. The fraction of sp³-hybridized carbons (Fsp3) is 0.261. The summed E-state index contributed by atoms with van der Waals surface area (Å²) in [5.41, 5.74) is 5.21. The van der Waals surface area contributed by atoms with Crippen LogP contribution in [0.15, 0.2) is 53.3 Å². The number of benzene rings is 2. The van der Waals surface area contributed by atoms with Gasteiger partial charge in [-0.05, 0) is 35.6 Å². The molecular formula is C23H23N3O. The van der Waals surface area contributed by atoms with Gasteiger partial charge in [0.25, 0.3) is 5.56 Å². The lowest BCUT2D eigenvalue weighted by Gasteiger charge is -2.10. The zero-order valence-electron chi connectivity index (χ0n) is 15.7. The number of nitrogens with one attached hydrogen (secondary N) is 1. The number of aromatic nitrogens is 2. The molecule has 3 aromatic rings. The summed E-state index contributed by atoms with van der Waals surface area (Å²) >= 11 is 0. The normalized spacial score (nSPS) is 10.6. The third-order valence-corrected chi connectivity index (χ3v) is 4.67. The van der Waals surface area contributed by atoms with E-state index in [0.717, 1.165) is 53.0 Å². The van der Waals surface area contributed by atoms with Gasteiger partial charge in [0.1, 0.15) is 5.82 Å². The molecule has 3 rings (SSSR count). The van der Waals surface area contributed by atoms with Gasteiger partial charge in [-0.3, -0.25) is 4.79 Å². The summed E-state index contributed by atoms with van der Waals surface area (Å²) < 4.78 is 0. The van der Waals surface area contributed by atoms with E-state index in [2.05, 4.69) is 23.0 Å². The highest BCUT2D eigenvalue weighted by atomic mass is 16.1. The maximum Gasteiger partial charge on any atom is 0.254 e. The number of rotatable bonds is 6. The van der Waals surface area contributed by atoms with Crippen molar-refractivity contribution in [3.63, 3.8) is 0 Å². The number of nitrogens with zero attached hydrogens (tertiary/aromatic N) is 2. The third-order valence-electron chi connectivity index (χ3n) is 4.67.